The van der Waals surface area contributed by atoms with Gasteiger partial charge in [0.1, 0.15) is 22.0 Å². The summed E-state index contributed by atoms with van der Waals surface area (Å²) < 4.78 is 0. The lowest BCUT2D eigenvalue weighted by Crippen LogP contribution is -2.59. The average molecular weight is 373 g/mol. The molecule has 0 saturated heterocycles. The number of aromatic hydroxyl groups is 1. The summed E-state index contributed by atoms with van der Waals surface area (Å²) in [4.78, 5) is 29.1. The smallest absolute Gasteiger partial charge is 0.271 e. The van der Waals surface area contributed by atoms with Crippen molar-refractivity contribution in [2.45, 2.75) is 45.1 Å². The van der Waals surface area contributed by atoms with Gasteiger partial charge in [0.15, 0.2) is 0 Å². The number of phenols is 1. The van der Waals surface area contributed by atoms with Crippen LogP contribution in [0, 0.1) is 5.41 Å². The Labute approximate surface area is 156 Å². The van der Waals surface area contributed by atoms with Crippen LogP contribution in [0.15, 0.2) is 29.6 Å². The second kappa shape index (κ2) is 6.72. The third-order valence-electron chi connectivity index (χ3n) is 5.13. The maximum absolute atomic E-state index is 12.7. The predicted octanol–water partition coefficient (Wildman–Crippen LogP) is 3.07. The molecule has 1 aliphatic rings. The van der Waals surface area contributed by atoms with Gasteiger partial charge in [-0.15, -0.1) is 11.3 Å². The first kappa shape index (κ1) is 18.4. The van der Waals surface area contributed by atoms with Crippen molar-refractivity contribution in [3.63, 3.8) is 0 Å². The molecule has 1 aromatic heterocycles. The van der Waals surface area contributed by atoms with E-state index in [1.165, 1.54) is 11.3 Å². The molecule has 1 aromatic carbocycles. The molecule has 2 aromatic rings. The van der Waals surface area contributed by atoms with Crippen LogP contribution >= 0.6 is 11.3 Å². The van der Waals surface area contributed by atoms with Crippen molar-refractivity contribution in [3.8, 4) is 16.3 Å². The number of nitrogens with one attached hydrogen (secondary N) is 1. The van der Waals surface area contributed by atoms with Crippen LogP contribution in [0.3, 0.4) is 0 Å². The lowest BCUT2D eigenvalue weighted by Gasteiger charge is -2.41. The molecule has 26 heavy (non-hydrogen) atoms. The number of rotatable bonds is 4. The summed E-state index contributed by atoms with van der Waals surface area (Å²) in [6.45, 7) is 4.31. The fraction of sp³-hybridized carbons (Fsp3) is 0.421. The van der Waals surface area contributed by atoms with E-state index in [9.17, 15) is 14.7 Å². The van der Waals surface area contributed by atoms with Gasteiger partial charge in [0, 0.05) is 10.9 Å². The number of amides is 2. The number of nitrogens with two attached hydrogens (primary N) is 1. The molecule has 1 heterocycles. The molecule has 1 aliphatic carbocycles. The van der Waals surface area contributed by atoms with E-state index in [2.05, 4.69) is 24.1 Å². The van der Waals surface area contributed by atoms with E-state index >= 15 is 0 Å². The molecule has 7 heteroatoms. The number of phenolic OH excluding ortho intramolecular Hbond substituents is 1. The molecule has 1 fully saturated rings. The summed E-state index contributed by atoms with van der Waals surface area (Å²) in [5, 5.41) is 14.6. The monoisotopic (exact) mass is 373 g/mol. The normalized spacial score (nSPS) is 18.2. The van der Waals surface area contributed by atoms with E-state index in [0.29, 0.717) is 17.8 Å². The van der Waals surface area contributed by atoms with E-state index in [-0.39, 0.29) is 22.8 Å². The Bertz CT molecular complexity index is 817. The minimum atomic E-state index is -1.01. The van der Waals surface area contributed by atoms with Crippen LogP contribution in [0.25, 0.3) is 10.6 Å². The lowest BCUT2D eigenvalue weighted by atomic mass is 9.69. The topological polar surface area (TPSA) is 105 Å². The van der Waals surface area contributed by atoms with Crippen molar-refractivity contribution in [3.05, 3.63) is 35.3 Å². The van der Waals surface area contributed by atoms with Gasteiger partial charge in [-0.25, -0.2) is 4.98 Å². The second-order valence-electron chi connectivity index (χ2n) is 7.65. The third-order valence-corrected chi connectivity index (χ3v) is 6.02. The summed E-state index contributed by atoms with van der Waals surface area (Å²) in [5.41, 5.74) is 5.86. The molecule has 4 N–H and O–H groups in total. The average Bonchev–Trinajstić information content (AvgIpc) is 3.07. The molecule has 0 bridgehead atoms. The molecular formula is C19H23N3O3S. The summed E-state index contributed by atoms with van der Waals surface area (Å²) in [6.07, 6.45) is 2.73. The van der Waals surface area contributed by atoms with Gasteiger partial charge >= 0.3 is 0 Å². The van der Waals surface area contributed by atoms with Crippen LogP contribution in [0.4, 0.5) is 0 Å². The Balaban J connectivity index is 1.77. The highest BCUT2D eigenvalue weighted by Gasteiger charge is 2.44. The van der Waals surface area contributed by atoms with Crippen molar-refractivity contribution in [1.29, 1.82) is 0 Å². The first-order chi connectivity index (χ1) is 12.2. The molecule has 1 saturated carbocycles. The van der Waals surface area contributed by atoms with Crippen LogP contribution < -0.4 is 11.1 Å². The van der Waals surface area contributed by atoms with Crippen LogP contribution in [-0.2, 0) is 4.79 Å². The van der Waals surface area contributed by atoms with Gasteiger partial charge in [-0.2, -0.15) is 0 Å². The van der Waals surface area contributed by atoms with E-state index in [4.69, 9.17) is 5.73 Å². The lowest BCUT2D eigenvalue weighted by molar-refractivity contribution is -0.126. The summed E-state index contributed by atoms with van der Waals surface area (Å²) in [5.74, 6) is -0.702. The molecule has 0 unspecified atom stereocenters. The number of carbonyl (C=O) groups excluding carboxylic acids is 2. The number of hydrogen-bond donors (Lipinski definition) is 3. The highest BCUT2D eigenvalue weighted by atomic mass is 32.1. The van der Waals surface area contributed by atoms with E-state index in [1.54, 1.807) is 29.6 Å². The summed E-state index contributed by atoms with van der Waals surface area (Å²) in [7, 11) is 0. The van der Waals surface area contributed by atoms with Crippen molar-refractivity contribution in [2.75, 3.05) is 0 Å². The Kier molecular flexibility index (Phi) is 4.75. The second-order valence-corrected chi connectivity index (χ2v) is 8.51. The fourth-order valence-electron chi connectivity index (χ4n) is 3.18. The van der Waals surface area contributed by atoms with Gasteiger partial charge in [0.05, 0.1) is 0 Å². The predicted molar refractivity (Wildman–Crippen MR) is 101 cm³/mol. The number of benzene rings is 1. The minimum absolute atomic E-state index is 0.149. The molecule has 0 radical (unpaired) electrons. The van der Waals surface area contributed by atoms with Crippen LogP contribution in [-0.4, -0.2) is 27.4 Å². The molecule has 6 nitrogen and oxygen atoms in total. The molecule has 138 valence electrons. The van der Waals surface area contributed by atoms with Crippen molar-refractivity contribution in [1.82, 2.24) is 10.3 Å². The van der Waals surface area contributed by atoms with Gasteiger partial charge in [-0.1, -0.05) is 13.8 Å². The first-order valence-electron chi connectivity index (χ1n) is 8.58. The van der Waals surface area contributed by atoms with Crippen LogP contribution in [0.5, 0.6) is 5.75 Å². The van der Waals surface area contributed by atoms with E-state index in [1.807, 2.05) is 0 Å². The SMILES string of the molecule is CC1(C)CCC(NC(=O)c2csc(-c3ccc(O)cc3)n2)(C(N)=O)CC1. The maximum Gasteiger partial charge on any atom is 0.271 e. The Hall–Kier alpha value is -2.41. The van der Waals surface area contributed by atoms with Crippen molar-refractivity contribution < 1.29 is 14.7 Å². The number of primary amides is 1. The molecule has 0 aliphatic heterocycles. The third kappa shape index (κ3) is 3.72. The van der Waals surface area contributed by atoms with Crippen LogP contribution in [0.1, 0.15) is 50.0 Å². The standard InChI is InChI=1S/C19H23N3O3S/c1-18(2)7-9-19(10-8-18,17(20)25)22-15(24)14-11-26-16(21-14)12-3-5-13(23)6-4-12/h3-6,11,23H,7-10H2,1-2H3,(H2,20,25)(H,22,24). The highest BCUT2D eigenvalue weighted by Crippen LogP contribution is 2.40. The number of hydrogen-bond acceptors (Lipinski definition) is 5. The first-order valence-corrected chi connectivity index (χ1v) is 9.46. The maximum atomic E-state index is 12.7. The van der Waals surface area contributed by atoms with Gasteiger partial charge in [-0.05, 0) is 55.4 Å². The molecule has 3 rings (SSSR count). The zero-order chi connectivity index (χ0) is 18.9. The van der Waals surface area contributed by atoms with Gasteiger partial charge in [-0.3, -0.25) is 9.59 Å². The number of thiazole rings is 1. The van der Waals surface area contributed by atoms with Gasteiger partial charge in [0.25, 0.3) is 5.91 Å². The number of aromatic nitrogens is 1. The summed E-state index contributed by atoms with van der Waals surface area (Å²) >= 11 is 1.34. The molecule has 0 spiro atoms. The van der Waals surface area contributed by atoms with E-state index < -0.39 is 11.4 Å². The number of carbonyl (C=O) groups is 2. The minimum Gasteiger partial charge on any atom is -0.508 e. The Morgan fingerprint density at radius 1 is 1.15 bits per heavy atom. The quantitative estimate of drug-likeness (QED) is 0.766. The molecular weight excluding hydrogens is 350 g/mol. The largest absolute Gasteiger partial charge is 0.508 e. The van der Waals surface area contributed by atoms with Gasteiger partial charge < -0.3 is 16.2 Å². The molecule has 2 amide bonds. The highest BCUT2D eigenvalue weighted by molar-refractivity contribution is 7.13. The zero-order valence-corrected chi connectivity index (χ0v) is 15.7. The van der Waals surface area contributed by atoms with Gasteiger partial charge in [0.2, 0.25) is 5.91 Å². The number of nitrogens with zero attached hydrogens (tertiary/aromatic N) is 1. The van der Waals surface area contributed by atoms with Crippen molar-refractivity contribution in [2.24, 2.45) is 11.1 Å². The Morgan fingerprint density at radius 3 is 2.35 bits per heavy atom. The van der Waals surface area contributed by atoms with Crippen molar-refractivity contribution >= 4 is 23.2 Å². The fourth-order valence-corrected chi connectivity index (χ4v) is 3.99. The summed E-state index contributed by atoms with van der Waals surface area (Å²) in [6, 6.07) is 6.62. The molecule has 0 atom stereocenters. The van der Waals surface area contributed by atoms with Crippen LogP contribution in [0.2, 0.25) is 0 Å². The van der Waals surface area contributed by atoms with E-state index in [0.717, 1.165) is 18.4 Å². The Morgan fingerprint density at radius 2 is 1.77 bits per heavy atom. The zero-order valence-electron chi connectivity index (χ0n) is 14.9.